The first-order valence-corrected chi connectivity index (χ1v) is 9.71. The Morgan fingerprint density at radius 2 is 2.14 bits per heavy atom. The van der Waals surface area contributed by atoms with E-state index in [0.29, 0.717) is 28.0 Å². The summed E-state index contributed by atoms with van der Waals surface area (Å²) in [4.78, 5) is 24.9. The molecule has 0 spiro atoms. The molecule has 0 saturated heterocycles. The number of pyridine rings is 1. The van der Waals surface area contributed by atoms with Crippen LogP contribution in [-0.4, -0.2) is 26.0 Å². The highest BCUT2D eigenvalue weighted by Gasteiger charge is 2.13. The number of rotatable bonds is 6. The van der Waals surface area contributed by atoms with Crippen LogP contribution in [0, 0.1) is 12.7 Å². The van der Waals surface area contributed by atoms with Crippen molar-refractivity contribution in [1.82, 2.24) is 20.1 Å². The second-order valence-electron chi connectivity index (χ2n) is 6.30. The molecule has 29 heavy (non-hydrogen) atoms. The maximum atomic E-state index is 13.7. The number of hydrogen-bond donors (Lipinski definition) is 1. The smallest absolute Gasteiger partial charge is 0.227 e. The van der Waals surface area contributed by atoms with E-state index in [0.717, 1.165) is 11.3 Å². The molecule has 0 saturated carbocycles. The predicted molar refractivity (Wildman–Crippen MR) is 107 cm³/mol. The third-order valence-electron chi connectivity index (χ3n) is 4.17. The van der Waals surface area contributed by atoms with Crippen molar-refractivity contribution in [3.8, 4) is 22.6 Å². The van der Waals surface area contributed by atoms with Crippen molar-refractivity contribution in [1.29, 1.82) is 0 Å². The van der Waals surface area contributed by atoms with Crippen molar-refractivity contribution in [2.24, 2.45) is 0 Å². The van der Waals surface area contributed by atoms with Gasteiger partial charge in [-0.25, -0.2) is 9.37 Å². The Hall–Kier alpha value is -3.46. The highest BCUT2D eigenvalue weighted by atomic mass is 32.1. The van der Waals surface area contributed by atoms with Crippen LogP contribution < -0.4 is 5.32 Å². The van der Waals surface area contributed by atoms with Crippen LogP contribution >= 0.6 is 11.3 Å². The van der Waals surface area contributed by atoms with Crippen LogP contribution in [0.4, 0.5) is 9.52 Å². The Labute approximate surface area is 169 Å². The minimum atomic E-state index is -0.331. The summed E-state index contributed by atoms with van der Waals surface area (Å²) >= 11 is 1.34. The van der Waals surface area contributed by atoms with Crippen LogP contribution in [0.1, 0.15) is 17.9 Å². The Morgan fingerprint density at radius 3 is 2.93 bits per heavy atom. The molecule has 0 radical (unpaired) electrons. The van der Waals surface area contributed by atoms with E-state index in [1.807, 2.05) is 17.5 Å². The molecule has 1 amide bonds. The Morgan fingerprint density at radius 1 is 1.24 bits per heavy atom. The molecule has 4 rings (SSSR count). The second kappa shape index (κ2) is 8.27. The van der Waals surface area contributed by atoms with E-state index in [9.17, 15) is 9.18 Å². The molecule has 0 aliphatic rings. The van der Waals surface area contributed by atoms with Gasteiger partial charge in [-0.2, -0.15) is 4.98 Å². The van der Waals surface area contributed by atoms with Crippen LogP contribution in [0.15, 0.2) is 52.6 Å². The number of carbonyl (C=O) groups excluding carboxylic acids is 1. The first-order valence-electron chi connectivity index (χ1n) is 8.83. The Balaban J connectivity index is 1.34. The lowest BCUT2D eigenvalue weighted by atomic mass is 10.1. The molecule has 0 aliphatic heterocycles. The van der Waals surface area contributed by atoms with E-state index < -0.39 is 0 Å². The normalized spacial score (nSPS) is 10.8. The summed E-state index contributed by atoms with van der Waals surface area (Å²) in [5.41, 5.74) is 2.71. The Bertz CT molecular complexity index is 1140. The molecule has 3 aromatic heterocycles. The van der Waals surface area contributed by atoms with E-state index in [4.69, 9.17) is 4.52 Å². The van der Waals surface area contributed by atoms with Crippen LogP contribution in [0.25, 0.3) is 22.6 Å². The van der Waals surface area contributed by atoms with Gasteiger partial charge >= 0.3 is 0 Å². The summed E-state index contributed by atoms with van der Waals surface area (Å²) in [6, 6.07) is 8.47. The molecule has 1 aromatic carbocycles. The number of thiazole rings is 1. The molecule has 1 N–H and O–H groups in total. The third kappa shape index (κ3) is 4.52. The van der Waals surface area contributed by atoms with Gasteiger partial charge in [0.2, 0.25) is 17.6 Å². The predicted octanol–water partition coefficient (Wildman–Crippen LogP) is 4.27. The van der Waals surface area contributed by atoms with E-state index in [1.165, 1.54) is 17.4 Å². The lowest BCUT2D eigenvalue weighted by molar-refractivity contribution is -0.116. The van der Waals surface area contributed by atoms with Gasteiger partial charge in [0, 0.05) is 41.7 Å². The molecule has 3 heterocycles. The Kier molecular flexibility index (Phi) is 5.39. The first-order chi connectivity index (χ1) is 14.1. The molecular weight excluding hydrogens is 393 g/mol. The lowest BCUT2D eigenvalue weighted by Gasteiger charge is -1.99. The summed E-state index contributed by atoms with van der Waals surface area (Å²) < 4.78 is 18.9. The maximum Gasteiger partial charge on any atom is 0.227 e. The number of nitrogens with one attached hydrogen (secondary N) is 1. The van der Waals surface area contributed by atoms with Gasteiger partial charge in [0.15, 0.2) is 5.13 Å². The topological polar surface area (TPSA) is 93.8 Å². The molecule has 0 fully saturated rings. The van der Waals surface area contributed by atoms with Crippen molar-refractivity contribution < 1.29 is 13.7 Å². The van der Waals surface area contributed by atoms with E-state index in [1.54, 1.807) is 31.5 Å². The molecule has 7 nitrogen and oxygen atoms in total. The average molecular weight is 409 g/mol. The second-order valence-corrected chi connectivity index (χ2v) is 7.16. The molecule has 0 unspecified atom stereocenters. The minimum Gasteiger partial charge on any atom is -0.339 e. The van der Waals surface area contributed by atoms with Gasteiger partial charge in [0.05, 0.1) is 5.69 Å². The van der Waals surface area contributed by atoms with Gasteiger partial charge in [0.25, 0.3) is 0 Å². The number of halogens is 1. The van der Waals surface area contributed by atoms with Crippen LogP contribution in [0.3, 0.4) is 0 Å². The molecule has 9 heteroatoms. The standard InChI is InChI=1S/C20H16FN5O2S/c1-12-4-5-13(9-15(12)21)19-25-18(28-26-19)7-6-17(27)24-20-23-16(11-29-20)14-3-2-8-22-10-14/h2-5,8-11H,6-7H2,1H3,(H,23,24,27). The number of benzene rings is 1. The summed E-state index contributed by atoms with van der Waals surface area (Å²) in [5.74, 6) is 0.0622. The average Bonchev–Trinajstić information content (AvgIpc) is 3.39. The molecule has 4 aromatic rings. The number of aryl methyl sites for hydroxylation is 2. The van der Waals surface area contributed by atoms with Gasteiger partial charge in [-0.15, -0.1) is 11.3 Å². The fourth-order valence-corrected chi connectivity index (χ4v) is 3.32. The van der Waals surface area contributed by atoms with Gasteiger partial charge in [-0.05, 0) is 30.7 Å². The zero-order chi connectivity index (χ0) is 20.2. The number of amides is 1. The van der Waals surface area contributed by atoms with Gasteiger partial charge in [-0.1, -0.05) is 17.3 Å². The zero-order valence-corrected chi connectivity index (χ0v) is 16.2. The molecule has 146 valence electrons. The van der Waals surface area contributed by atoms with E-state index >= 15 is 0 Å². The van der Waals surface area contributed by atoms with E-state index in [-0.39, 0.29) is 24.6 Å². The van der Waals surface area contributed by atoms with Gasteiger partial charge < -0.3 is 9.84 Å². The van der Waals surface area contributed by atoms with Crippen LogP contribution in [0.5, 0.6) is 0 Å². The van der Waals surface area contributed by atoms with Crippen LogP contribution in [-0.2, 0) is 11.2 Å². The number of nitrogens with zero attached hydrogens (tertiary/aromatic N) is 4. The van der Waals surface area contributed by atoms with E-state index in [2.05, 4.69) is 25.4 Å². The number of anilines is 1. The third-order valence-corrected chi connectivity index (χ3v) is 4.93. The maximum absolute atomic E-state index is 13.7. The largest absolute Gasteiger partial charge is 0.339 e. The fraction of sp³-hybridized carbons (Fsp3) is 0.150. The minimum absolute atomic E-state index is 0.158. The molecule has 0 atom stereocenters. The SMILES string of the molecule is Cc1ccc(-c2noc(CCC(=O)Nc3nc(-c4cccnc4)cs3)n2)cc1F. The number of carbonyl (C=O) groups is 1. The molecule has 0 bridgehead atoms. The van der Waals surface area contributed by atoms with Crippen molar-refractivity contribution >= 4 is 22.4 Å². The summed E-state index contributed by atoms with van der Waals surface area (Å²) in [7, 11) is 0. The van der Waals surface area contributed by atoms with Crippen molar-refractivity contribution in [2.75, 3.05) is 5.32 Å². The monoisotopic (exact) mass is 409 g/mol. The van der Waals surface area contributed by atoms with Crippen molar-refractivity contribution in [3.05, 3.63) is 65.4 Å². The number of aromatic nitrogens is 4. The lowest BCUT2D eigenvalue weighted by Crippen LogP contribution is -2.12. The quantitative estimate of drug-likeness (QED) is 0.511. The molecule has 0 aliphatic carbocycles. The van der Waals surface area contributed by atoms with Crippen molar-refractivity contribution in [3.63, 3.8) is 0 Å². The van der Waals surface area contributed by atoms with Gasteiger partial charge in [-0.3, -0.25) is 9.78 Å². The zero-order valence-electron chi connectivity index (χ0n) is 15.4. The first kappa shape index (κ1) is 18.9. The number of hydrogen-bond acceptors (Lipinski definition) is 7. The highest BCUT2D eigenvalue weighted by Crippen LogP contribution is 2.24. The van der Waals surface area contributed by atoms with Crippen LogP contribution in [0.2, 0.25) is 0 Å². The summed E-state index contributed by atoms with van der Waals surface area (Å²) in [6.07, 6.45) is 3.84. The summed E-state index contributed by atoms with van der Waals surface area (Å²) in [6.45, 7) is 1.68. The van der Waals surface area contributed by atoms with Gasteiger partial charge in [0.1, 0.15) is 5.82 Å². The summed E-state index contributed by atoms with van der Waals surface area (Å²) in [5, 5.41) is 8.99. The van der Waals surface area contributed by atoms with Crippen molar-refractivity contribution in [2.45, 2.75) is 19.8 Å². The highest BCUT2D eigenvalue weighted by molar-refractivity contribution is 7.14. The fourth-order valence-electron chi connectivity index (χ4n) is 2.59. The molecular formula is C20H16FN5O2S.